The second-order valence-electron chi connectivity index (χ2n) is 6.15. The van der Waals surface area contributed by atoms with Crippen molar-refractivity contribution in [1.82, 2.24) is 5.43 Å². The number of non-ortho nitro benzene ring substituents is 1. The monoisotopic (exact) mass is 351 g/mol. The molecule has 0 aliphatic heterocycles. The molecule has 1 N–H and O–H groups in total. The van der Waals surface area contributed by atoms with Gasteiger partial charge >= 0.3 is 0 Å². The van der Waals surface area contributed by atoms with E-state index < -0.39 is 10.8 Å². The molecule has 26 heavy (non-hydrogen) atoms. The fourth-order valence-corrected chi connectivity index (χ4v) is 2.33. The van der Waals surface area contributed by atoms with Gasteiger partial charge in [-0.05, 0) is 47.7 Å². The average molecular weight is 351 g/mol. The van der Waals surface area contributed by atoms with E-state index in [9.17, 15) is 14.9 Å². The third kappa shape index (κ3) is 5.11. The predicted octanol–water partition coefficient (Wildman–Crippen LogP) is 4.46. The van der Waals surface area contributed by atoms with Crippen LogP contribution in [-0.2, 0) is 0 Å². The highest BCUT2D eigenvalue weighted by Crippen LogP contribution is 2.19. The van der Waals surface area contributed by atoms with E-state index in [-0.39, 0.29) is 5.69 Å². The van der Waals surface area contributed by atoms with Crippen molar-refractivity contribution in [2.75, 3.05) is 0 Å². The number of allylic oxidation sites excluding steroid dienone is 1. The Balaban J connectivity index is 1.93. The van der Waals surface area contributed by atoms with Crippen LogP contribution in [0.15, 0.2) is 53.6 Å². The Hall–Kier alpha value is -3.28. The predicted molar refractivity (Wildman–Crippen MR) is 103 cm³/mol. The number of nitro groups is 1. The van der Waals surface area contributed by atoms with Gasteiger partial charge in [0.15, 0.2) is 0 Å². The number of rotatable bonds is 6. The Morgan fingerprint density at radius 2 is 1.88 bits per heavy atom. The Morgan fingerprint density at radius 3 is 2.46 bits per heavy atom. The maximum Gasteiger partial charge on any atom is 0.271 e. The average Bonchev–Trinajstić information content (AvgIpc) is 2.62. The van der Waals surface area contributed by atoms with E-state index in [0.717, 1.165) is 5.56 Å². The van der Waals surface area contributed by atoms with Gasteiger partial charge in [-0.3, -0.25) is 14.9 Å². The van der Waals surface area contributed by atoms with E-state index >= 15 is 0 Å². The number of hydrazone groups is 1. The van der Waals surface area contributed by atoms with Crippen LogP contribution in [0.5, 0.6) is 0 Å². The summed E-state index contributed by atoms with van der Waals surface area (Å²) in [4.78, 5) is 22.0. The maximum atomic E-state index is 11.9. The van der Waals surface area contributed by atoms with Crippen LogP contribution in [0.2, 0.25) is 0 Å². The molecule has 2 aromatic rings. The molecule has 0 saturated heterocycles. The highest BCUT2D eigenvalue weighted by atomic mass is 16.6. The summed E-state index contributed by atoms with van der Waals surface area (Å²) >= 11 is 0. The van der Waals surface area contributed by atoms with Crippen LogP contribution in [0.4, 0.5) is 5.69 Å². The first-order valence-corrected chi connectivity index (χ1v) is 8.23. The molecule has 0 aliphatic carbocycles. The van der Waals surface area contributed by atoms with E-state index in [1.54, 1.807) is 6.08 Å². The molecule has 0 spiro atoms. The number of amides is 1. The van der Waals surface area contributed by atoms with Crippen molar-refractivity contribution in [3.63, 3.8) is 0 Å². The molecular weight excluding hydrogens is 330 g/mol. The van der Waals surface area contributed by atoms with E-state index in [0.29, 0.717) is 11.5 Å². The molecular formula is C20H21N3O3. The number of aryl methyl sites for hydroxylation is 1. The highest BCUT2D eigenvalue weighted by molar-refractivity contribution is 5.94. The zero-order valence-corrected chi connectivity index (χ0v) is 15.0. The minimum atomic E-state index is -0.514. The number of benzene rings is 2. The topological polar surface area (TPSA) is 84.6 Å². The Morgan fingerprint density at radius 1 is 1.19 bits per heavy atom. The molecule has 134 valence electrons. The van der Waals surface area contributed by atoms with Crippen LogP contribution >= 0.6 is 0 Å². The van der Waals surface area contributed by atoms with Crippen molar-refractivity contribution in [2.45, 2.75) is 26.7 Å². The van der Waals surface area contributed by atoms with Crippen molar-refractivity contribution in [1.29, 1.82) is 0 Å². The molecule has 0 atom stereocenters. The van der Waals surface area contributed by atoms with Crippen LogP contribution in [0.3, 0.4) is 0 Å². The largest absolute Gasteiger partial charge is 0.271 e. The number of hydrogen-bond acceptors (Lipinski definition) is 4. The van der Waals surface area contributed by atoms with Crippen LogP contribution < -0.4 is 5.43 Å². The third-order valence-corrected chi connectivity index (χ3v) is 3.90. The van der Waals surface area contributed by atoms with Crippen LogP contribution in [0, 0.1) is 17.0 Å². The summed E-state index contributed by atoms with van der Waals surface area (Å²) < 4.78 is 0. The van der Waals surface area contributed by atoms with Gasteiger partial charge in [-0.25, -0.2) is 5.43 Å². The Labute approximate surface area is 152 Å². The van der Waals surface area contributed by atoms with Gasteiger partial charge in [0.1, 0.15) is 0 Å². The minimum absolute atomic E-state index is 0.0631. The fourth-order valence-electron chi connectivity index (χ4n) is 2.33. The van der Waals surface area contributed by atoms with Crippen molar-refractivity contribution in [3.05, 3.63) is 80.9 Å². The smallest absolute Gasteiger partial charge is 0.267 e. The zero-order valence-electron chi connectivity index (χ0n) is 15.0. The zero-order chi connectivity index (χ0) is 19.1. The molecule has 2 rings (SSSR count). The van der Waals surface area contributed by atoms with Crippen molar-refractivity contribution in [3.8, 4) is 0 Å². The first-order chi connectivity index (χ1) is 12.4. The molecule has 6 nitrogen and oxygen atoms in total. The van der Waals surface area contributed by atoms with Gasteiger partial charge in [0, 0.05) is 23.9 Å². The van der Waals surface area contributed by atoms with Gasteiger partial charge in [-0.1, -0.05) is 38.1 Å². The minimum Gasteiger partial charge on any atom is -0.267 e. The van der Waals surface area contributed by atoms with Crippen molar-refractivity contribution < 1.29 is 9.72 Å². The molecule has 0 radical (unpaired) electrons. The lowest BCUT2D eigenvalue weighted by Gasteiger charge is -2.08. The normalized spacial score (nSPS) is 11.4. The first-order valence-electron chi connectivity index (χ1n) is 8.23. The van der Waals surface area contributed by atoms with E-state index in [2.05, 4.69) is 49.5 Å². The van der Waals surface area contributed by atoms with Gasteiger partial charge in [0.05, 0.1) is 4.92 Å². The van der Waals surface area contributed by atoms with Gasteiger partial charge in [-0.2, -0.15) is 5.10 Å². The Kier molecular flexibility index (Phi) is 6.38. The van der Waals surface area contributed by atoms with Gasteiger partial charge in [0.25, 0.3) is 11.6 Å². The molecule has 0 fully saturated rings. The lowest BCUT2D eigenvalue weighted by molar-refractivity contribution is -0.384. The molecule has 0 bridgehead atoms. The van der Waals surface area contributed by atoms with Gasteiger partial charge in [-0.15, -0.1) is 0 Å². The summed E-state index contributed by atoms with van der Waals surface area (Å²) in [5.74, 6) is 0.0601. The molecule has 0 aromatic heterocycles. The molecule has 2 aromatic carbocycles. The second kappa shape index (κ2) is 8.71. The quantitative estimate of drug-likeness (QED) is 0.474. The van der Waals surface area contributed by atoms with Crippen molar-refractivity contribution in [2.24, 2.45) is 5.10 Å². The molecule has 0 aliphatic rings. The molecule has 1 amide bonds. The number of nitrogens with one attached hydrogen (secondary N) is 1. The van der Waals surface area contributed by atoms with E-state index in [1.165, 1.54) is 41.6 Å². The first kappa shape index (κ1) is 19.1. The van der Waals surface area contributed by atoms with Crippen LogP contribution in [0.1, 0.15) is 46.8 Å². The standard InChI is InChI=1S/C20H21N3O3/c1-14(2)18-7-6-16(15(3)13-18)5-4-12-21-22-20(24)17-8-10-19(11-9-17)23(25)26/h4-14H,1-3H3,(H,22,24)/b5-4+,21-12?. The molecule has 6 heteroatoms. The fraction of sp³-hybridized carbons (Fsp3) is 0.200. The summed E-state index contributed by atoms with van der Waals surface area (Å²) in [7, 11) is 0. The summed E-state index contributed by atoms with van der Waals surface area (Å²) in [5.41, 5.74) is 6.18. The summed E-state index contributed by atoms with van der Waals surface area (Å²) in [6.07, 6.45) is 5.15. The third-order valence-electron chi connectivity index (χ3n) is 3.90. The van der Waals surface area contributed by atoms with E-state index in [1.807, 2.05) is 6.08 Å². The van der Waals surface area contributed by atoms with Gasteiger partial charge in [0.2, 0.25) is 0 Å². The number of hydrogen-bond donors (Lipinski definition) is 1. The van der Waals surface area contributed by atoms with Gasteiger partial charge < -0.3 is 0 Å². The lowest BCUT2D eigenvalue weighted by atomic mass is 9.98. The number of nitrogens with zero attached hydrogens (tertiary/aromatic N) is 2. The van der Waals surface area contributed by atoms with Crippen LogP contribution in [-0.4, -0.2) is 17.0 Å². The number of carbonyl (C=O) groups excluding carboxylic acids is 1. The highest BCUT2D eigenvalue weighted by Gasteiger charge is 2.08. The van der Waals surface area contributed by atoms with E-state index in [4.69, 9.17) is 0 Å². The van der Waals surface area contributed by atoms with Crippen molar-refractivity contribution >= 4 is 23.9 Å². The molecule has 0 heterocycles. The SMILES string of the molecule is Cc1cc(C(C)C)ccc1/C=C/C=NNC(=O)c1ccc([N+](=O)[O-])cc1. The van der Waals surface area contributed by atoms with Crippen LogP contribution in [0.25, 0.3) is 6.08 Å². The maximum absolute atomic E-state index is 11.9. The second-order valence-corrected chi connectivity index (χ2v) is 6.15. The lowest BCUT2D eigenvalue weighted by Crippen LogP contribution is -2.17. The molecule has 0 saturated carbocycles. The summed E-state index contributed by atoms with van der Waals surface area (Å²) in [5, 5.41) is 14.4. The molecule has 0 unspecified atom stereocenters. The number of carbonyl (C=O) groups is 1. The summed E-state index contributed by atoms with van der Waals surface area (Å²) in [6.45, 7) is 6.37. The Bertz CT molecular complexity index is 853. The summed E-state index contributed by atoms with van der Waals surface area (Å²) in [6, 6.07) is 11.7. The number of nitro benzene ring substituents is 1.